The third-order valence-corrected chi connectivity index (χ3v) is 5.34. The van der Waals surface area contributed by atoms with Crippen molar-refractivity contribution in [3.63, 3.8) is 0 Å². The van der Waals surface area contributed by atoms with E-state index in [9.17, 15) is 29.1 Å². The number of hydrogen-bond acceptors (Lipinski definition) is 11. The maximum Gasteiger partial charge on any atom is 0.305 e. The highest BCUT2D eigenvalue weighted by molar-refractivity contribution is 5.70. The summed E-state index contributed by atoms with van der Waals surface area (Å²) in [4.78, 5) is 58.5. The van der Waals surface area contributed by atoms with Crippen LogP contribution in [0.5, 0.6) is 0 Å². The Kier molecular flexibility index (Phi) is 18.9. The van der Waals surface area contributed by atoms with Crippen molar-refractivity contribution >= 4 is 29.8 Å². The number of aliphatic hydroxyl groups is 1. The third-order valence-electron chi connectivity index (χ3n) is 5.34. The standard InChI is InChI=1S/C26H44O11/c1-6-7-8-9-10-11-12-13-14-15-24(32)34-16-22(31)25(36-20(4)29)26(37-21(5)30)23(35-19(3)28)17-33-18(2)27/h22-23,25-26,31H,6-17H2,1-5H3. The van der Waals surface area contributed by atoms with E-state index in [1.54, 1.807) is 0 Å². The highest BCUT2D eigenvalue weighted by Crippen LogP contribution is 2.19. The van der Waals surface area contributed by atoms with Crippen LogP contribution in [-0.2, 0) is 47.7 Å². The molecule has 0 aromatic heterocycles. The second kappa shape index (κ2) is 20.4. The Balaban J connectivity index is 5.03. The van der Waals surface area contributed by atoms with Gasteiger partial charge in [-0.15, -0.1) is 0 Å². The minimum atomic E-state index is -1.63. The highest BCUT2D eigenvalue weighted by Gasteiger charge is 2.42. The molecule has 0 aromatic carbocycles. The first kappa shape index (κ1) is 34.3. The molecular formula is C26H44O11. The summed E-state index contributed by atoms with van der Waals surface area (Å²) >= 11 is 0. The molecule has 0 fully saturated rings. The summed E-state index contributed by atoms with van der Waals surface area (Å²) in [6, 6.07) is 0. The average Bonchev–Trinajstić information content (AvgIpc) is 2.80. The Labute approximate surface area is 219 Å². The van der Waals surface area contributed by atoms with E-state index in [1.807, 2.05) is 0 Å². The summed E-state index contributed by atoms with van der Waals surface area (Å²) in [6.45, 7) is 5.41. The molecule has 0 saturated carbocycles. The smallest absolute Gasteiger partial charge is 0.305 e. The molecule has 4 atom stereocenters. The quantitative estimate of drug-likeness (QED) is 0.140. The Morgan fingerprint density at radius 2 is 1.08 bits per heavy atom. The normalized spacial score (nSPS) is 14.0. The molecule has 0 bridgehead atoms. The van der Waals surface area contributed by atoms with E-state index in [0.29, 0.717) is 6.42 Å². The van der Waals surface area contributed by atoms with E-state index in [4.69, 9.17) is 23.7 Å². The van der Waals surface area contributed by atoms with E-state index in [0.717, 1.165) is 47.0 Å². The molecular weight excluding hydrogens is 488 g/mol. The fourth-order valence-corrected chi connectivity index (χ4v) is 3.64. The summed E-state index contributed by atoms with van der Waals surface area (Å²) < 4.78 is 25.5. The Morgan fingerprint density at radius 1 is 0.595 bits per heavy atom. The lowest BCUT2D eigenvalue weighted by molar-refractivity contribution is -0.201. The van der Waals surface area contributed by atoms with Crippen molar-refractivity contribution < 1.29 is 52.8 Å². The molecule has 0 aliphatic heterocycles. The summed E-state index contributed by atoms with van der Waals surface area (Å²) in [5.74, 6) is -3.71. The first-order valence-electron chi connectivity index (χ1n) is 13.0. The van der Waals surface area contributed by atoms with Gasteiger partial charge in [-0.2, -0.15) is 0 Å². The molecule has 0 heterocycles. The zero-order valence-corrected chi connectivity index (χ0v) is 22.8. The maximum atomic E-state index is 12.2. The Bertz CT molecular complexity index is 707. The molecule has 0 aromatic rings. The molecule has 1 N–H and O–H groups in total. The Morgan fingerprint density at radius 3 is 1.57 bits per heavy atom. The van der Waals surface area contributed by atoms with Crippen molar-refractivity contribution in [2.45, 2.75) is 123 Å². The van der Waals surface area contributed by atoms with Crippen molar-refractivity contribution in [1.29, 1.82) is 0 Å². The second-order valence-electron chi connectivity index (χ2n) is 8.93. The van der Waals surface area contributed by atoms with Crippen molar-refractivity contribution in [3.8, 4) is 0 Å². The van der Waals surface area contributed by atoms with E-state index < -0.39 is 67.5 Å². The van der Waals surface area contributed by atoms with Gasteiger partial charge in [0.05, 0.1) is 0 Å². The first-order valence-corrected chi connectivity index (χ1v) is 13.0. The number of rotatable bonds is 20. The summed E-state index contributed by atoms with van der Waals surface area (Å²) in [5, 5.41) is 10.7. The molecule has 37 heavy (non-hydrogen) atoms. The van der Waals surface area contributed by atoms with Gasteiger partial charge in [-0.3, -0.25) is 24.0 Å². The molecule has 214 valence electrons. The summed E-state index contributed by atoms with van der Waals surface area (Å²) in [7, 11) is 0. The molecule has 0 aliphatic carbocycles. The molecule has 11 nitrogen and oxygen atoms in total. The van der Waals surface area contributed by atoms with E-state index in [2.05, 4.69) is 6.92 Å². The van der Waals surface area contributed by atoms with Gasteiger partial charge in [0, 0.05) is 34.1 Å². The van der Waals surface area contributed by atoms with Crippen molar-refractivity contribution in [2.75, 3.05) is 13.2 Å². The van der Waals surface area contributed by atoms with Crippen LogP contribution in [0.25, 0.3) is 0 Å². The summed E-state index contributed by atoms with van der Waals surface area (Å²) in [5.41, 5.74) is 0. The zero-order chi connectivity index (χ0) is 28.2. The van der Waals surface area contributed by atoms with Crippen molar-refractivity contribution in [3.05, 3.63) is 0 Å². The number of unbranched alkanes of at least 4 members (excludes halogenated alkanes) is 8. The lowest BCUT2D eigenvalue weighted by Gasteiger charge is -2.33. The van der Waals surface area contributed by atoms with Gasteiger partial charge in [0.1, 0.15) is 19.3 Å². The fraction of sp³-hybridized carbons (Fsp3) is 0.808. The minimum Gasteiger partial charge on any atom is -0.463 e. The van der Waals surface area contributed by atoms with Crippen LogP contribution in [0.2, 0.25) is 0 Å². The van der Waals surface area contributed by atoms with Gasteiger partial charge in [0.25, 0.3) is 0 Å². The van der Waals surface area contributed by atoms with Crippen LogP contribution in [0.3, 0.4) is 0 Å². The lowest BCUT2D eigenvalue weighted by Crippen LogP contribution is -2.53. The molecule has 11 heteroatoms. The second-order valence-corrected chi connectivity index (χ2v) is 8.93. The first-order chi connectivity index (χ1) is 17.5. The highest BCUT2D eigenvalue weighted by atomic mass is 16.6. The molecule has 0 spiro atoms. The topological polar surface area (TPSA) is 152 Å². The van der Waals surface area contributed by atoms with Gasteiger partial charge in [0.15, 0.2) is 18.3 Å². The van der Waals surface area contributed by atoms with Crippen LogP contribution in [0, 0.1) is 0 Å². The van der Waals surface area contributed by atoms with Gasteiger partial charge in [0.2, 0.25) is 0 Å². The largest absolute Gasteiger partial charge is 0.463 e. The predicted octanol–water partition coefficient (Wildman–Crippen LogP) is 3.17. The van der Waals surface area contributed by atoms with Crippen LogP contribution in [0.15, 0.2) is 0 Å². The van der Waals surface area contributed by atoms with Crippen LogP contribution in [0.4, 0.5) is 0 Å². The Hall–Kier alpha value is -2.69. The monoisotopic (exact) mass is 532 g/mol. The van der Waals surface area contributed by atoms with E-state index in [-0.39, 0.29) is 6.42 Å². The predicted molar refractivity (Wildman–Crippen MR) is 132 cm³/mol. The minimum absolute atomic E-state index is 0.163. The maximum absolute atomic E-state index is 12.2. The number of carbonyl (C=O) groups is 5. The fourth-order valence-electron chi connectivity index (χ4n) is 3.64. The van der Waals surface area contributed by atoms with Crippen LogP contribution >= 0.6 is 0 Å². The van der Waals surface area contributed by atoms with Gasteiger partial charge in [-0.1, -0.05) is 58.3 Å². The van der Waals surface area contributed by atoms with Crippen LogP contribution < -0.4 is 0 Å². The van der Waals surface area contributed by atoms with Gasteiger partial charge < -0.3 is 28.8 Å². The van der Waals surface area contributed by atoms with Crippen LogP contribution in [0.1, 0.15) is 98.8 Å². The molecule has 4 unspecified atom stereocenters. The number of aliphatic hydroxyl groups excluding tert-OH is 1. The molecule has 0 aliphatic rings. The number of carbonyl (C=O) groups excluding carboxylic acids is 5. The van der Waals surface area contributed by atoms with Gasteiger partial charge in [-0.25, -0.2) is 0 Å². The van der Waals surface area contributed by atoms with Gasteiger partial charge >= 0.3 is 29.8 Å². The van der Waals surface area contributed by atoms with Crippen molar-refractivity contribution in [1.82, 2.24) is 0 Å². The molecule has 0 amide bonds. The third kappa shape index (κ3) is 18.2. The molecule has 0 radical (unpaired) electrons. The zero-order valence-electron chi connectivity index (χ0n) is 22.8. The lowest BCUT2D eigenvalue weighted by atomic mass is 10.0. The number of ether oxygens (including phenoxy) is 5. The van der Waals surface area contributed by atoms with Crippen LogP contribution in [-0.4, -0.2) is 72.6 Å². The number of hydrogen-bond donors (Lipinski definition) is 1. The van der Waals surface area contributed by atoms with Gasteiger partial charge in [-0.05, 0) is 6.42 Å². The SMILES string of the molecule is CCCCCCCCCCCC(=O)OCC(O)C(OC(C)=O)C(OC(C)=O)C(COC(C)=O)OC(C)=O. The molecule has 0 saturated heterocycles. The summed E-state index contributed by atoms with van der Waals surface area (Å²) in [6.07, 6.45) is 3.82. The average molecular weight is 533 g/mol. The van der Waals surface area contributed by atoms with E-state index in [1.165, 1.54) is 32.1 Å². The number of esters is 5. The van der Waals surface area contributed by atoms with E-state index >= 15 is 0 Å². The molecule has 0 rings (SSSR count). The van der Waals surface area contributed by atoms with Crippen molar-refractivity contribution in [2.24, 2.45) is 0 Å².